The number of nitrogens with one attached hydrogen (secondary N) is 2. The number of benzene rings is 1. The largest absolute Gasteiger partial charge is 0.376 e. The van der Waals surface area contributed by atoms with Crippen LogP contribution >= 0.6 is 11.6 Å². The number of rotatable bonds is 2. The molecule has 3 rings (SSSR count). The molecule has 0 aliphatic carbocycles. The van der Waals surface area contributed by atoms with Crippen molar-refractivity contribution in [2.24, 2.45) is 0 Å². The molecule has 0 bridgehead atoms. The highest BCUT2D eigenvalue weighted by Gasteiger charge is 2.22. The fourth-order valence-electron chi connectivity index (χ4n) is 2.06. The van der Waals surface area contributed by atoms with E-state index in [-0.39, 0.29) is 5.91 Å². The molecular formula is C13H12ClN3O2. The summed E-state index contributed by atoms with van der Waals surface area (Å²) in [5.41, 5.74) is 2.84. The van der Waals surface area contributed by atoms with E-state index in [2.05, 4.69) is 15.5 Å². The van der Waals surface area contributed by atoms with E-state index in [4.69, 9.17) is 16.3 Å². The summed E-state index contributed by atoms with van der Waals surface area (Å²) < 4.78 is 5.35. The summed E-state index contributed by atoms with van der Waals surface area (Å²) in [5.74, 6) is -0.259. The number of halogens is 1. The van der Waals surface area contributed by atoms with Crippen LogP contribution in [0, 0.1) is 0 Å². The summed E-state index contributed by atoms with van der Waals surface area (Å²) in [5, 5.41) is 10.3. The van der Waals surface area contributed by atoms with Gasteiger partial charge in [-0.2, -0.15) is 5.10 Å². The number of H-pyrrole nitrogens is 1. The lowest BCUT2D eigenvalue weighted by Crippen LogP contribution is -2.17. The van der Waals surface area contributed by atoms with E-state index in [1.807, 2.05) is 0 Å². The second kappa shape index (κ2) is 5.03. The molecule has 1 aliphatic rings. The van der Waals surface area contributed by atoms with E-state index in [9.17, 15) is 4.79 Å². The van der Waals surface area contributed by atoms with Crippen molar-refractivity contribution in [3.05, 3.63) is 46.2 Å². The Morgan fingerprint density at radius 2 is 2.37 bits per heavy atom. The average molecular weight is 278 g/mol. The van der Waals surface area contributed by atoms with Crippen LogP contribution in [0.15, 0.2) is 24.3 Å². The van der Waals surface area contributed by atoms with Crippen molar-refractivity contribution in [3.63, 3.8) is 0 Å². The maximum atomic E-state index is 12.2. The molecule has 0 atom stereocenters. The van der Waals surface area contributed by atoms with Crippen molar-refractivity contribution < 1.29 is 9.53 Å². The Labute approximate surface area is 114 Å². The summed E-state index contributed by atoms with van der Waals surface area (Å²) in [6.07, 6.45) is 0.757. The molecule has 2 aromatic rings. The Morgan fingerprint density at radius 1 is 1.47 bits per heavy atom. The first-order chi connectivity index (χ1) is 9.24. The van der Waals surface area contributed by atoms with Crippen LogP contribution in [0.4, 0.5) is 5.69 Å². The molecule has 0 spiro atoms. The summed E-state index contributed by atoms with van der Waals surface area (Å²) >= 11 is 5.88. The Bertz CT molecular complexity index is 624. The molecule has 0 fully saturated rings. The van der Waals surface area contributed by atoms with Gasteiger partial charge in [-0.25, -0.2) is 0 Å². The number of aromatic nitrogens is 2. The topological polar surface area (TPSA) is 67.0 Å². The monoisotopic (exact) mass is 277 g/mol. The predicted molar refractivity (Wildman–Crippen MR) is 71.4 cm³/mol. The zero-order chi connectivity index (χ0) is 13.2. The molecule has 2 heterocycles. The van der Waals surface area contributed by atoms with Crippen molar-refractivity contribution in [2.75, 3.05) is 11.9 Å². The SMILES string of the molecule is O=C(Nc1cccc(Cl)c1)c1n[nH]c2c1COCC2. The minimum Gasteiger partial charge on any atom is -0.376 e. The van der Waals surface area contributed by atoms with E-state index in [1.165, 1.54) is 0 Å². The minimum atomic E-state index is -0.259. The molecule has 0 unspecified atom stereocenters. The van der Waals surface area contributed by atoms with Crippen LogP contribution < -0.4 is 5.32 Å². The zero-order valence-electron chi connectivity index (χ0n) is 10.1. The minimum absolute atomic E-state index is 0.259. The number of anilines is 1. The van der Waals surface area contributed by atoms with E-state index in [1.54, 1.807) is 24.3 Å². The number of aromatic amines is 1. The fourth-order valence-corrected chi connectivity index (χ4v) is 2.25. The summed E-state index contributed by atoms with van der Waals surface area (Å²) in [6, 6.07) is 7.00. The van der Waals surface area contributed by atoms with Gasteiger partial charge in [-0.3, -0.25) is 9.89 Å². The van der Waals surface area contributed by atoms with Crippen LogP contribution in [0.25, 0.3) is 0 Å². The normalized spacial score (nSPS) is 13.9. The van der Waals surface area contributed by atoms with Gasteiger partial charge in [0, 0.05) is 28.4 Å². The summed E-state index contributed by atoms with van der Waals surface area (Å²) in [4.78, 5) is 12.2. The zero-order valence-corrected chi connectivity index (χ0v) is 10.8. The van der Waals surface area contributed by atoms with Crippen LogP contribution in [0.5, 0.6) is 0 Å². The fraction of sp³-hybridized carbons (Fsp3) is 0.231. The van der Waals surface area contributed by atoms with Gasteiger partial charge in [-0.1, -0.05) is 17.7 Å². The maximum absolute atomic E-state index is 12.2. The molecule has 2 N–H and O–H groups in total. The molecule has 0 saturated carbocycles. The molecule has 19 heavy (non-hydrogen) atoms. The van der Waals surface area contributed by atoms with E-state index in [0.29, 0.717) is 29.6 Å². The quantitative estimate of drug-likeness (QED) is 0.886. The molecular weight excluding hydrogens is 266 g/mol. The lowest BCUT2D eigenvalue weighted by Gasteiger charge is -2.12. The van der Waals surface area contributed by atoms with Gasteiger partial charge >= 0.3 is 0 Å². The average Bonchev–Trinajstić information content (AvgIpc) is 2.82. The van der Waals surface area contributed by atoms with E-state index in [0.717, 1.165) is 17.7 Å². The second-order valence-electron chi connectivity index (χ2n) is 4.30. The lowest BCUT2D eigenvalue weighted by molar-refractivity contribution is 0.0985. The van der Waals surface area contributed by atoms with E-state index >= 15 is 0 Å². The predicted octanol–water partition coefficient (Wildman–Crippen LogP) is 2.39. The third kappa shape index (κ3) is 2.47. The smallest absolute Gasteiger partial charge is 0.276 e. The van der Waals surface area contributed by atoms with Crippen molar-refractivity contribution in [1.82, 2.24) is 10.2 Å². The molecule has 1 amide bonds. The second-order valence-corrected chi connectivity index (χ2v) is 4.73. The number of carbonyl (C=O) groups is 1. The van der Waals surface area contributed by atoms with Crippen molar-refractivity contribution in [2.45, 2.75) is 13.0 Å². The highest BCUT2D eigenvalue weighted by atomic mass is 35.5. The molecule has 6 heteroatoms. The van der Waals surface area contributed by atoms with Crippen molar-refractivity contribution >= 4 is 23.2 Å². The first kappa shape index (κ1) is 12.2. The Hall–Kier alpha value is -1.85. The summed E-state index contributed by atoms with van der Waals surface area (Å²) in [7, 11) is 0. The molecule has 98 valence electrons. The van der Waals surface area contributed by atoms with Crippen LogP contribution in [0.1, 0.15) is 21.7 Å². The first-order valence-corrected chi connectivity index (χ1v) is 6.32. The van der Waals surface area contributed by atoms with Gasteiger partial charge in [0.1, 0.15) is 0 Å². The Balaban J connectivity index is 1.83. The van der Waals surface area contributed by atoms with Crippen molar-refractivity contribution in [3.8, 4) is 0 Å². The number of fused-ring (bicyclic) bond motifs is 1. The number of amides is 1. The van der Waals surface area contributed by atoms with Gasteiger partial charge in [0.15, 0.2) is 5.69 Å². The van der Waals surface area contributed by atoms with Gasteiger partial charge in [-0.05, 0) is 18.2 Å². The number of hydrogen-bond donors (Lipinski definition) is 2. The number of nitrogens with zero attached hydrogens (tertiary/aromatic N) is 1. The standard InChI is InChI=1S/C13H12ClN3O2/c14-8-2-1-3-9(6-8)15-13(18)12-10-7-19-5-4-11(10)16-17-12/h1-3,6H,4-5,7H2,(H,15,18)(H,16,17). The van der Waals surface area contributed by atoms with Crippen LogP contribution in [-0.2, 0) is 17.8 Å². The molecule has 1 aromatic heterocycles. The van der Waals surface area contributed by atoms with Crippen LogP contribution in [0.2, 0.25) is 5.02 Å². The Kier molecular flexibility index (Phi) is 3.23. The van der Waals surface area contributed by atoms with Gasteiger partial charge in [0.05, 0.1) is 13.2 Å². The van der Waals surface area contributed by atoms with Gasteiger partial charge in [-0.15, -0.1) is 0 Å². The van der Waals surface area contributed by atoms with Crippen LogP contribution in [0.3, 0.4) is 0 Å². The van der Waals surface area contributed by atoms with Gasteiger partial charge in [0.25, 0.3) is 5.91 Å². The lowest BCUT2D eigenvalue weighted by atomic mass is 10.1. The maximum Gasteiger partial charge on any atom is 0.276 e. The molecule has 0 radical (unpaired) electrons. The number of hydrogen-bond acceptors (Lipinski definition) is 3. The van der Waals surface area contributed by atoms with Gasteiger partial charge in [0.2, 0.25) is 0 Å². The van der Waals surface area contributed by atoms with Crippen molar-refractivity contribution in [1.29, 1.82) is 0 Å². The van der Waals surface area contributed by atoms with Gasteiger partial charge < -0.3 is 10.1 Å². The number of ether oxygens (including phenoxy) is 1. The third-order valence-corrected chi connectivity index (χ3v) is 3.23. The third-order valence-electron chi connectivity index (χ3n) is 2.99. The van der Waals surface area contributed by atoms with Crippen LogP contribution in [-0.4, -0.2) is 22.7 Å². The molecule has 5 nitrogen and oxygen atoms in total. The Morgan fingerprint density at radius 3 is 3.21 bits per heavy atom. The first-order valence-electron chi connectivity index (χ1n) is 5.95. The highest BCUT2D eigenvalue weighted by Crippen LogP contribution is 2.20. The molecule has 1 aliphatic heterocycles. The van der Waals surface area contributed by atoms with E-state index < -0.39 is 0 Å². The number of carbonyl (C=O) groups excluding carboxylic acids is 1. The highest BCUT2D eigenvalue weighted by molar-refractivity contribution is 6.30. The summed E-state index contributed by atoms with van der Waals surface area (Å²) in [6.45, 7) is 1.08. The molecule has 0 saturated heterocycles. The molecule has 1 aromatic carbocycles.